The van der Waals surface area contributed by atoms with Crippen LogP contribution in [0.1, 0.15) is 23.0 Å². The summed E-state index contributed by atoms with van der Waals surface area (Å²) in [5, 5.41) is 11.6. The monoisotopic (exact) mass is 395 g/mol. The maximum atomic E-state index is 13.2. The number of thioether (sulfide) groups is 1. The van der Waals surface area contributed by atoms with Gasteiger partial charge in [-0.2, -0.15) is 0 Å². The third kappa shape index (κ3) is 3.43. The average molecular weight is 395 g/mol. The van der Waals surface area contributed by atoms with Crippen molar-refractivity contribution in [3.63, 3.8) is 0 Å². The van der Waals surface area contributed by atoms with Crippen molar-refractivity contribution < 1.29 is 9.53 Å². The van der Waals surface area contributed by atoms with Gasteiger partial charge < -0.3 is 15.5 Å². The molecule has 144 valence electrons. The number of amides is 1. The van der Waals surface area contributed by atoms with Crippen molar-refractivity contribution in [1.29, 1.82) is 0 Å². The smallest absolute Gasteiger partial charge is 0.240 e. The first-order chi connectivity index (χ1) is 13.6. The molecule has 1 aliphatic rings. The number of hydrogen-bond acceptors (Lipinski definition) is 6. The standard InChI is InChI=1S/C20H21N5O2S/c1-12-6-4-5-7-16(12)21-19(26)18-17(14-8-10-15(27-3)11-9-14)24-25-13(2)22-23-20(25)28-18/h4-11,17-18,24H,1-3H3,(H,21,26)/t17-,18+/m0/s1. The Hall–Kier alpha value is -3.00. The summed E-state index contributed by atoms with van der Waals surface area (Å²) in [6, 6.07) is 15.2. The van der Waals surface area contributed by atoms with Crippen LogP contribution in [0.15, 0.2) is 53.7 Å². The molecule has 8 heteroatoms. The maximum absolute atomic E-state index is 13.2. The fourth-order valence-corrected chi connectivity index (χ4v) is 4.26. The first-order valence-electron chi connectivity index (χ1n) is 8.92. The van der Waals surface area contributed by atoms with Crippen LogP contribution >= 0.6 is 11.8 Å². The minimum atomic E-state index is -0.413. The van der Waals surface area contributed by atoms with E-state index in [1.807, 2.05) is 67.1 Å². The van der Waals surface area contributed by atoms with Gasteiger partial charge in [-0.25, -0.2) is 4.68 Å². The van der Waals surface area contributed by atoms with Gasteiger partial charge in [-0.05, 0) is 43.2 Å². The van der Waals surface area contributed by atoms with Gasteiger partial charge in [0.05, 0.1) is 13.2 Å². The second kappa shape index (κ2) is 7.55. The molecule has 0 radical (unpaired) electrons. The van der Waals surface area contributed by atoms with Gasteiger partial charge in [-0.1, -0.05) is 42.1 Å². The lowest BCUT2D eigenvalue weighted by molar-refractivity contribution is -0.116. The summed E-state index contributed by atoms with van der Waals surface area (Å²) in [5.74, 6) is 1.44. The van der Waals surface area contributed by atoms with Gasteiger partial charge in [0.15, 0.2) is 0 Å². The molecule has 0 bridgehead atoms. The number of carbonyl (C=O) groups is 1. The summed E-state index contributed by atoms with van der Waals surface area (Å²) in [5.41, 5.74) is 6.21. The molecule has 3 aromatic rings. The van der Waals surface area contributed by atoms with Crippen LogP contribution in [0, 0.1) is 13.8 Å². The average Bonchev–Trinajstić information content (AvgIpc) is 3.09. The lowest BCUT2D eigenvalue weighted by Crippen LogP contribution is -2.41. The minimum absolute atomic E-state index is 0.0838. The van der Waals surface area contributed by atoms with Crippen LogP contribution in [0.4, 0.5) is 5.69 Å². The first kappa shape index (κ1) is 18.4. The number of nitrogens with one attached hydrogen (secondary N) is 2. The van der Waals surface area contributed by atoms with E-state index in [2.05, 4.69) is 20.9 Å². The lowest BCUT2D eigenvalue weighted by atomic mass is 10.0. The maximum Gasteiger partial charge on any atom is 0.240 e. The van der Waals surface area contributed by atoms with Gasteiger partial charge in [0.2, 0.25) is 11.1 Å². The molecule has 7 nitrogen and oxygen atoms in total. The minimum Gasteiger partial charge on any atom is -0.497 e. The highest BCUT2D eigenvalue weighted by molar-refractivity contribution is 8.00. The summed E-state index contributed by atoms with van der Waals surface area (Å²) >= 11 is 1.41. The van der Waals surface area contributed by atoms with Gasteiger partial charge in [0.1, 0.15) is 16.8 Å². The van der Waals surface area contributed by atoms with Crippen molar-refractivity contribution in [2.75, 3.05) is 17.9 Å². The van der Waals surface area contributed by atoms with Crippen molar-refractivity contribution >= 4 is 23.4 Å². The van der Waals surface area contributed by atoms with Gasteiger partial charge in [0, 0.05) is 5.69 Å². The molecule has 0 saturated carbocycles. The number of nitrogens with zero attached hydrogens (tertiary/aromatic N) is 3. The van der Waals surface area contributed by atoms with E-state index in [0.717, 1.165) is 28.4 Å². The Balaban J connectivity index is 1.67. The lowest BCUT2D eigenvalue weighted by Gasteiger charge is -2.33. The number of hydrogen-bond donors (Lipinski definition) is 2. The molecule has 2 heterocycles. The predicted octanol–water partition coefficient (Wildman–Crippen LogP) is 3.30. The van der Waals surface area contributed by atoms with Gasteiger partial charge in [-0.3, -0.25) is 4.79 Å². The predicted molar refractivity (Wildman–Crippen MR) is 109 cm³/mol. The van der Waals surface area contributed by atoms with Crippen LogP contribution < -0.4 is 15.5 Å². The van der Waals surface area contributed by atoms with Gasteiger partial charge in [-0.15, -0.1) is 10.2 Å². The Bertz CT molecular complexity index is 1000. The zero-order chi connectivity index (χ0) is 19.7. The number of aromatic nitrogens is 3. The van der Waals surface area contributed by atoms with Crippen LogP contribution in [0.3, 0.4) is 0 Å². The van der Waals surface area contributed by atoms with E-state index in [0.29, 0.717) is 5.16 Å². The molecular weight excluding hydrogens is 374 g/mol. The summed E-state index contributed by atoms with van der Waals surface area (Å²) in [4.78, 5) is 13.2. The van der Waals surface area contributed by atoms with Crippen molar-refractivity contribution in [3.05, 3.63) is 65.5 Å². The topological polar surface area (TPSA) is 81.1 Å². The van der Waals surface area contributed by atoms with E-state index in [-0.39, 0.29) is 11.9 Å². The van der Waals surface area contributed by atoms with E-state index in [9.17, 15) is 4.79 Å². The van der Waals surface area contributed by atoms with E-state index in [1.165, 1.54) is 11.8 Å². The van der Waals surface area contributed by atoms with Crippen LogP contribution in [-0.2, 0) is 4.79 Å². The van der Waals surface area contributed by atoms with Crippen molar-refractivity contribution in [3.8, 4) is 5.75 Å². The molecule has 4 rings (SSSR count). The van der Waals surface area contributed by atoms with Crippen molar-refractivity contribution in [1.82, 2.24) is 14.9 Å². The third-order valence-electron chi connectivity index (χ3n) is 4.73. The molecular formula is C20H21N5O2S. The summed E-state index contributed by atoms with van der Waals surface area (Å²) in [6.45, 7) is 3.85. The highest BCUT2D eigenvalue weighted by Crippen LogP contribution is 2.38. The van der Waals surface area contributed by atoms with Crippen LogP contribution in [-0.4, -0.2) is 33.1 Å². The van der Waals surface area contributed by atoms with Crippen molar-refractivity contribution in [2.24, 2.45) is 0 Å². The highest BCUT2D eigenvalue weighted by Gasteiger charge is 2.37. The van der Waals surface area contributed by atoms with Crippen LogP contribution in [0.25, 0.3) is 0 Å². The number of para-hydroxylation sites is 1. The Morgan fingerprint density at radius 1 is 1.14 bits per heavy atom. The molecule has 28 heavy (non-hydrogen) atoms. The number of ether oxygens (including phenoxy) is 1. The normalized spacial score (nSPS) is 18.1. The second-order valence-electron chi connectivity index (χ2n) is 6.59. The number of rotatable bonds is 4. The molecule has 2 aromatic carbocycles. The van der Waals surface area contributed by atoms with Gasteiger partial charge >= 0.3 is 0 Å². The molecule has 0 aliphatic carbocycles. The largest absolute Gasteiger partial charge is 0.497 e. The SMILES string of the molecule is COc1ccc([C@@H]2Nn3c(C)nnc3S[C@H]2C(=O)Nc2ccccc2C)cc1. The Kier molecular flexibility index (Phi) is 4.95. The van der Waals surface area contributed by atoms with E-state index in [4.69, 9.17) is 4.74 Å². The molecule has 0 unspecified atom stereocenters. The molecule has 0 saturated heterocycles. The fraction of sp³-hybridized carbons (Fsp3) is 0.250. The summed E-state index contributed by atoms with van der Waals surface area (Å²) < 4.78 is 7.09. The summed E-state index contributed by atoms with van der Waals surface area (Å²) in [7, 11) is 1.63. The number of aryl methyl sites for hydroxylation is 2. The number of fused-ring (bicyclic) bond motifs is 1. The quantitative estimate of drug-likeness (QED) is 0.706. The number of anilines is 1. The number of carbonyl (C=O) groups excluding carboxylic acids is 1. The molecule has 0 fully saturated rings. The second-order valence-corrected chi connectivity index (χ2v) is 7.70. The third-order valence-corrected chi connectivity index (χ3v) is 5.95. The van der Waals surface area contributed by atoms with E-state index >= 15 is 0 Å². The van der Waals surface area contributed by atoms with Gasteiger partial charge in [0.25, 0.3) is 0 Å². The molecule has 1 amide bonds. The molecule has 1 aromatic heterocycles. The summed E-state index contributed by atoms with van der Waals surface area (Å²) in [6.07, 6.45) is 0. The first-order valence-corrected chi connectivity index (χ1v) is 9.80. The van der Waals surface area contributed by atoms with E-state index in [1.54, 1.807) is 7.11 Å². The fourth-order valence-electron chi connectivity index (χ4n) is 3.14. The molecule has 0 spiro atoms. The Labute approximate surface area is 167 Å². The Morgan fingerprint density at radius 2 is 1.89 bits per heavy atom. The molecule has 2 N–H and O–H groups in total. The van der Waals surface area contributed by atoms with E-state index < -0.39 is 5.25 Å². The zero-order valence-corrected chi connectivity index (χ0v) is 16.7. The molecule has 2 atom stereocenters. The molecule has 1 aliphatic heterocycles. The van der Waals surface area contributed by atoms with Crippen molar-refractivity contribution in [2.45, 2.75) is 30.3 Å². The Morgan fingerprint density at radius 3 is 2.61 bits per heavy atom. The zero-order valence-electron chi connectivity index (χ0n) is 15.8. The number of methoxy groups -OCH3 is 1. The van der Waals surface area contributed by atoms with Crippen LogP contribution in [0.5, 0.6) is 5.75 Å². The number of benzene rings is 2. The van der Waals surface area contributed by atoms with Crippen LogP contribution in [0.2, 0.25) is 0 Å². The highest BCUT2D eigenvalue weighted by atomic mass is 32.2.